The standard InChI is InChI=1S/C19H18N2O5S/c1-19(2)10-16(15-9-13(11-20)6-7-17(15)26-19)21-8-4-5-14(18(21)22)12-25-27(3,23)24/h4-10H,12H2,1-3H3. The van der Waals surface area contributed by atoms with Gasteiger partial charge in [-0.05, 0) is 50.3 Å². The SMILES string of the molecule is CC1(C)C=C(n2cccc(COS(C)(=O)=O)c2=O)c2cc(C#N)ccc2O1. The molecule has 0 unspecified atom stereocenters. The lowest BCUT2D eigenvalue weighted by atomic mass is 9.97. The molecule has 0 amide bonds. The summed E-state index contributed by atoms with van der Waals surface area (Å²) in [4.78, 5) is 12.9. The quantitative estimate of drug-likeness (QED) is 0.748. The number of fused-ring (bicyclic) bond motifs is 1. The molecule has 0 saturated carbocycles. The highest BCUT2D eigenvalue weighted by molar-refractivity contribution is 7.85. The smallest absolute Gasteiger partial charge is 0.264 e. The minimum Gasteiger partial charge on any atom is -0.483 e. The maximum Gasteiger partial charge on any atom is 0.264 e. The highest BCUT2D eigenvalue weighted by atomic mass is 32.2. The molecule has 7 nitrogen and oxygen atoms in total. The molecule has 0 atom stereocenters. The number of hydrogen-bond donors (Lipinski definition) is 0. The number of ether oxygens (including phenoxy) is 1. The van der Waals surface area contributed by atoms with Crippen LogP contribution in [-0.2, 0) is 20.9 Å². The van der Waals surface area contributed by atoms with Crippen molar-refractivity contribution in [2.75, 3.05) is 6.26 Å². The van der Waals surface area contributed by atoms with Crippen LogP contribution >= 0.6 is 0 Å². The molecule has 0 aliphatic carbocycles. The Bertz CT molecular complexity index is 1140. The molecule has 0 radical (unpaired) electrons. The van der Waals surface area contributed by atoms with Crippen molar-refractivity contribution in [3.8, 4) is 11.8 Å². The molecule has 3 rings (SSSR count). The van der Waals surface area contributed by atoms with Gasteiger partial charge in [-0.15, -0.1) is 0 Å². The number of nitrogens with zero attached hydrogens (tertiary/aromatic N) is 2. The Labute approximate surface area is 157 Å². The summed E-state index contributed by atoms with van der Waals surface area (Å²) in [6.07, 6.45) is 4.30. The van der Waals surface area contributed by atoms with Crippen LogP contribution in [0.3, 0.4) is 0 Å². The van der Waals surface area contributed by atoms with Gasteiger partial charge >= 0.3 is 0 Å². The van der Waals surface area contributed by atoms with Crippen LogP contribution in [0.2, 0.25) is 0 Å². The van der Waals surface area contributed by atoms with E-state index in [0.717, 1.165) is 6.26 Å². The number of nitriles is 1. The van der Waals surface area contributed by atoms with Crippen molar-refractivity contribution in [2.45, 2.75) is 26.1 Å². The van der Waals surface area contributed by atoms with Crippen LogP contribution in [0.15, 0.2) is 47.4 Å². The van der Waals surface area contributed by atoms with Crippen molar-refractivity contribution < 1.29 is 17.3 Å². The van der Waals surface area contributed by atoms with E-state index in [0.29, 0.717) is 22.6 Å². The summed E-state index contributed by atoms with van der Waals surface area (Å²) in [5, 5.41) is 9.19. The van der Waals surface area contributed by atoms with Gasteiger partial charge in [-0.2, -0.15) is 13.7 Å². The van der Waals surface area contributed by atoms with Crippen LogP contribution in [0.5, 0.6) is 5.75 Å². The predicted octanol–water partition coefficient (Wildman–Crippen LogP) is 2.26. The second-order valence-electron chi connectivity index (χ2n) is 6.73. The van der Waals surface area contributed by atoms with Crippen LogP contribution in [0.4, 0.5) is 0 Å². The van der Waals surface area contributed by atoms with Gasteiger partial charge in [0, 0.05) is 17.3 Å². The minimum absolute atomic E-state index is 0.200. The first-order valence-electron chi connectivity index (χ1n) is 8.11. The van der Waals surface area contributed by atoms with Gasteiger partial charge in [0.25, 0.3) is 15.7 Å². The zero-order valence-corrected chi connectivity index (χ0v) is 15.9. The first kappa shape index (κ1) is 18.9. The molecule has 8 heteroatoms. The maximum atomic E-state index is 12.9. The fourth-order valence-corrected chi connectivity index (χ4v) is 3.16. The third kappa shape index (κ3) is 4.10. The number of pyridine rings is 1. The number of aromatic nitrogens is 1. The molecule has 0 saturated heterocycles. The van der Waals surface area contributed by atoms with Crippen LogP contribution in [-0.4, -0.2) is 24.8 Å². The van der Waals surface area contributed by atoms with E-state index >= 15 is 0 Å². The van der Waals surface area contributed by atoms with Crippen LogP contribution in [0.25, 0.3) is 5.70 Å². The molecule has 1 aliphatic rings. The van der Waals surface area contributed by atoms with Gasteiger partial charge in [-0.25, -0.2) is 0 Å². The Morgan fingerprint density at radius 2 is 2.04 bits per heavy atom. The molecule has 2 heterocycles. The second kappa shape index (κ2) is 6.68. The largest absolute Gasteiger partial charge is 0.483 e. The summed E-state index contributed by atoms with van der Waals surface area (Å²) in [6.45, 7) is 3.36. The monoisotopic (exact) mass is 386 g/mol. The van der Waals surface area contributed by atoms with E-state index in [9.17, 15) is 18.5 Å². The summed E-state index contributed by atoms with van der Waals surface area (Å²) >= 11 is 0. The van der Waals surface area contributed by atoms with Crippen molar-refractivity contribution in [3.63, 3.8) is 0 Å². The van der Waals surface area contributed by atoms with Gasteiger partial charge in [-0.3, -0.25) is 13.5 Å². The molecule has 1 aliphatic heterocycles. The fourth-order valence-electron chi connectivity index (χ4n) is 2.82. The van der Waals surface area contributed by atoms with Gasteiger partial charge in [0.05, 0.1) is 30.2 Å². The van der Waals surface area contributed by atoms with Crippen molar-refractivity contribution in [3.05, 3.63) is 69.6 Å². The molecule has 2 aromatic rings. The topological polar surface area (TPSA) is 98.4 Å². The molecule has 0 spiro atoms. The molecule has 27 heavy (non-hydrogen) atoms. The predicted molar refractivity (Wildman–Crippen MR) is 99.6 cm³/mol. The van der Waals surface area contributed by atoms with E-state index in [1.165, 1.54) is 10.6 Å². The highest BCUT2D eigenvalue weighted by Crippen LogP contribution is 2.36. The van der Waals surface area contributed by atoms with Crippen molar-refractivity contribution in [1.29, 1.82) is 5.26 Å². The van der Waals surface area contributed by atoms with Gasteiger partial charge in [0.1, 0.15) is 11.4 Å². The Hall–Kier alpha value is -2.89. The Balaban J connectivity index is 2.14. The molecular formula is C19H18N2O5S. The molecule has 1 aromatic carbocycles. The lowest BCUT2D eigenvalue weighted by molar-refractivity contribution is 0.157. The summed E-state index contributed by atoms with van der Waals surface area (Å²) in [6, 6.07) is 10.2. The summed E-state index contributed by atoms with van der Waals surface area (Å²) < 4.78 is 34.6. The maximum absolute atomic E-state index is 12.9. The zero-order chi connectivity index (χ0) is 19.8. The lowest BCUT2D eigenvalue weighted by Crippen LogP contribution is -2.33. The van der Waals surface area contributed by atoms with Crippen molar-refractivity contribution in [1.82, 2.24) is 4.57 Å². The van der Waals surface area contributed by atoms with E-state index in [1.807, 2.05) is 13.8 Å². The van der Waals surface area contributed by atoms with Crippen LogP contribution < -0.4 is 10.3 Å². The Morgan fingerprint density at radius 1 is 1.30 bits per heavy atom. The zero-order valence-electron chi connectivity index (χ0n) is 15.1. The third-order valence-electron chi connectivity index (χ3n) is 3.96. The third-order valence-corrected chi connectivity index (χ3v) is 4.50. The van der Waals surface area contributed by atoms with Crippen LogP contribution in [0, 0.1) is 11.3 Å². The molecular weight excluding hydrogens is 368 g/mol. The normalized spacial score (nSPS) is 15.3. The van der Waals surface area contributed by atoms with Gasteiger partial charge in [0.15, 0.2) is 0 Å². The average molecular weight is 386 g/mol. The van der Waals surface area contributed by atoms with Gasteiger partial charge < -0.3 is 4.74 Å². The van der Waals surface area contributed by atoms with Crippen molar-refractivity contribution >= 4 is 15.8 Å². The molecule has 0 bridgehead atoms. The van der Waals surface area contributed by atoms with E-state index < -0.39 is 21.3 Å². The van der Waals surface area contributed by atoms with Crippen molar-refractivity contribution in [2.24, 2.45) is 0 Å². The first-order valence-corrected chi connectivity index (χ1v) is 9.93. The lowest BCUT2D eigenvalue weighted by Gasteiger charge is -2.31. The number of benzene rings is 1. The molecule has 0 N–H and O–H groups in total. The molecule has 140 valence electrons. The summed E-state index contributed by atoms with van der Waals surface area (Å²) in [5.41, 5.74) is 0.730. The summed E-state index contributed by atoms with van der Waals surface area (Å²) in [7, 11) is -3.67. The van der Waals surface area contributed by atoms with E-state index in [1.54, 1.807) is 36.5 Å². The average Bonchev–Trinajstić information content (AvgIpc) is 2.58. The Morgan fingerprint density at radius 3 is 2.70 bits per heavy atom. The van der Waals surface area contributed by atoms with E-state index in [-0.39, 0.29) is 12.2 Å². The second-order valence-corrected chi connectivity index (χ2v) is 8.38. The number of rotatable bonds is 4. The summed E-state index contributed by atoms with van der Waals surface area (Å²) in [5.74, 6) is 0.557. The van der Waals surface area contributed by atoms with Gasteiger partial charge in [0.2, 0.25) is 0 Å². The van der Waals surface area contributed by atoms with E-state index in [2.05, 4.69) is 6.07 Å². The fraction of sp³-hybridized carbons (Fsp3) is 0.263. The van der Waals surface area contributed by atoms with Gasteiger partial charge in [-0.1, -0.05) is 0 Å². The first-order chi connectivity index (χ1) is 12.6. The number of hydrogen-bond acceptors (Lipinski definition) is 6. The molecule has 0 fully saturated rings. The minimum atomic E-state index is -3.67. The van der Waals surface area contributed by atoms with Crippen LogP contribution in [0.1, 0.15) is 30.5 Å². The molecule has 1 aromatic heterocycles. The Kier molecular flexibility index (Phi) is 4.68. The van der Waals surface area contributed by atoms with E-state index in [4.69, 9.17) is 8.92 Å². The highest BCUT2D eigenvalue weighted by Gasteiger charge is 2.28.